The van der Waals surface area contributed by atoms with Gasteiger partial charge in [-0.05, 0) is 0 Å². The van der Waals surface area contributed by atoms with Crippen LogP contribution in [0.1, 0.15) is 0 Å². The zero-order valence-electron chi connectivity index (χ0n) is 3.22. The molecule has 6 heavy (non-hydrogen) atoms. The summed E-state index contributed by atoms with van der Waals surface area (Å²) in [5.41, 5.74) is 0. The van der Waals surface area contributed by atoms with Gasteiger partial charge in [0.05, 0.1) is 0 Å². The molecule has 0 aliphatic carbocycles. The van der Waals surface area contributed by atoms with Crippen molar-refractivity contribution in [2.75, 3.05) is 0 Å². The van der Waals surface area contributed by atoms with Gasteiger partial charge in [0.1, 0.15) is 0 Å². The number of rotatable bonds is 2. The molecular weight excluding hydrogens is 165 g/mol. The average Bonchev–Trinajstić information content (AvgIpc) is 1.61. The maximum atomic E-state index is 3.56. The van der Waals surface area contributed by atoms with Crippen LogP contribution in [-0.4, -0.2) is 0 Å². The summed E-state index contributed by atoms with van der Waals surface area (Å²) in [6.07, 6.45) is 5.06. The van der Waals surface area contributed by atoms with Gasteiger partial charge in [0.25, 0.3) is 0 Å². The maximum absolute atomic E-state index is 3.56. The van der Waals surface area contributed by atoms with E-state index in [1.54, 1.807) is 18.4 Å². The van der Waals surface area contributed by atoms with Crippen molar-refractivity contribution in [3.05, 3.63) is 24.9 Å². The van der Waals surface area contributed by atoms with E-state index in [1.807, 2.05) is 0 Å². The SMILES string of the molecule is C=C/C=C\[N]=[Rh]. The minimum atomic E-state index is 1.64. The first kappa shape index (κ1) is 5.90. The summed E-state index contributed by atoms with van der Waals surface area (Å²) in [6.45, 7) is 3.44. The molecule has 0 heterocycles. The van der Waals surface area contributed by atoms with Crippen molar-refractivity contribution in [3.8, 4) is 0 Å². The van der Waals surface area contributed by atoms with Gasteiger partial charge >= 0.3 is 46.7 Å². The van der Waals surface area contributed by atoms with E-state index in [-0.39, 0.29) is 0 Å². The molecule has 0 bridgehead atoms. The number of nitrogens with zero attached hydrogens (tertiary/aromatic N) is 1. The summed E-state index contributed by atoms with van der Waals surface area (Å²) < 4.78 is 3.56. The first-order chi connectivity index (χ1) is 2.91. The zero-order chi connectivity index (χ0) is 4.83. The first-order valence-electron chi connectivity index (χ1n) is 1.48. The van der Waals surface area contributed by atoms with Gasteiger partial charge < -0.3 is 0 Å². The van der Waals surface area contributed by atoms with Crippen LogP contribution in [0.3, 0.4) is 0 Å². The fourth-order valence-corrected chi connectivity index (χ4v) is 0.231. The van der Waals surface area contributed by atoms with Crippen molar-refractivity contribution in [1.29, 1.82) is 0 Å². The summed E-state index contributed by atoms with van der Waals surface area (Å²) in [6, 6.07) is 0. The van der Waals surface area contributed by atoms with E-state index in [4.69, 9.17) is 0 Å². The second kappa shape index (κ2) is 4.90. The topological polar surface area (TPSA) is 12.4 Å². The minimum absolute atomic E-state index is 1.64. The van der Waals surface area contributed by atoms with Gasteiger partial charge in [0, 0.05) is 0 Å². The molecule has 0 aromatic rings. The molecule has 0 aliphatic heterocycles. The molecule has 0 radical (unpaired) electrons. The van der Waals surface area contributed by atoms with E-state index in [9.17, 15) is 0 Å². The standard InChI is InChI=1S/C4H5N.Rh/c1-2-3-4-5;/h2-4H,1H2;/b4-3-;. The molecule has 0 unspecified atom stereocenters. The molecule has 0 saturated carbocycles. The van der Waals surface area contributed by atoms with Crippen LogP contribution in [0.5, 0.6) is 0 Å². The number of allylic oxidation sites excluding steroid dienone is 2. The van der Waals surface area contributed by atoms with Crippen LogP contribution in [0.15, 0.2) is 28.6 Å². The number of hydrogen-bond acceptors (Lipinski definition) is 1. The first-order valence-corrected chi connectivity index (χ1v) is 2.22. The molecule has 0 fully saturated rings. The third-order valence-electron chi connectivity index (χ3n) is 0.272. The molecule has 0 amide bonds. The Labute approximate surface area is 47.3 Å². The van der Waals surface area contributed by atoms with E-state index in [0.717, 1.165) is 0 Å². The van der Waals surface area contributed by atoms with E-state index in [0.29, 0.717) is 0 Å². The van der Waals surface area contributed by atoms with Gasteiger partial charge in [-0.25, -0.2) is 0 Å². The Morgan fingerprint density at radius 2 is 2.33 bits per heavy atom. The quantitative estimate of drug-likeness (QED) is 0.439. The Hall–Kier alpha value is -0.0966. The van der Waals surface area contributed by atoms with Crippen LogP contribution < -0.4 is 0 Å². The van der Waals surface area contributed by atoms with Gasteiger partial charge in [-0.2, -0.15) is 0 Å². The molecule has 0 N–H and O–H groups in total. The Bertz CT molecular complexity index is 65.6. The second-order valence-electron chi connectivity index (χ2n) is 0.663. The van der Waals surface area contributed by atoms with Crippen molar-refractivity contribution in [3.63, 3.8) is 0 Å². The van der Waals surface area contributed by atoms with E-state index >= 15 is 0 Å². The summed E-state index contributed by atoms with van der Waals surface area (Å²) in [5.74, 6) is 0. The zero-order valence-corrected chi connectivity index (χ0v) is 4.86. The van der Waals surface area contributed by atoms with Crippen LogP contribution in [0, 0.1) is 0 Å². The Morgan fingerprint density at radius 1 is 1.67 bits per heavy atom. The molecule has 0 atom stereocenters. The Morgan fingerprint density at radius 3 is 2.50 bits per heavy atom. The van der Waals surface area contributed by atoms with Gasteiger partial charge in [0.2, 0.25) is 0 Å². The summed E-state index contributed by atoms with van der Waals surface area (Å²) >= 11 is 2.38. The molecule has 0 aliphatic rings. The van der Waals surface area contributed by atoms with Crippen molar-refractivity contribution < 1.29 is 18.1 Å². The van der Waals surface area contributed by atoms with Crippen molar-refractivity contribution in [1.82, 2.24) is 0 Å². The van der Waals surface area contributed by atoms with E-state index in [2.05, 4.69) is 28.4 Å². The average molecular weight is 170 g/mol. The summed E-state index contributed by atoms with van der Waals surface area (Å²) in [5, 5.41) is 0. The molecule has 1 nitrogen and oxygen atoms in total. The normalized spacial score (nSPS) is 8.83. The Balaban J connectivity index is 3.17. The van der Waals surface area contributed by atoms with Crippen LogP contribution in [-0.2, 0) is 18.1 Å². The van der Waals surface area contributed by atoms with Gasteiger partial charge in [-0.3, -0.25) is 0 Å². The van der Waals surface area contributed by atoms with E-state index < -0.39 is 0 Å². The second-order valence-corrected chi connectivity index (χ2v) is 1.09. The molecule has 0 spiro atoms. The third-order valence-corrected chi connectivity index (χ3v) is 0.516. The van der Waals surface area contributed by atoms with Crippen LogP contribution in [0.25, 0.3) is 0 Å². The molecule has 0 rings (SSSR count). The van der Waals surface area contributed by atoms with Gasteiger partial charge in [0.15, 0.2) is 0 Å². The molecular formula is C4H5NRh. The van der Waals surface area contributed by atoms with Gasteiger partial charge in [-0.15, -0.1) is 0 Å². The number of hydrogen-bond donors (Lipinski definition) is 0. The van der Waals surface area contributed by atoms with E-state index in [1.165, 1.54) is 0 Å². The van der Waals surface area contributed by atoms with Crippen LogP contribution in [0.4, 0.5) is 0 Å². The predicted octanol–water partition coefficient (Wildman–Crippen LogP) is 1.42. The predicted molar refractivity (Wildman–Crippen MR) is 21.8 cm³/mol. The molecule has 0 aromatic carbocycles. The molecule has 0 aromatic heterocycles. The monoisotopic (exact) mass is 170 g/mol. The summed E-state index contributed by atoms with van der Waals surface area (Å²) in [7, 11) is 0. The van der Waals surface area contributed by atoms with Crippen LogP contribution >= 0.6 is 0 Å². The fourth-order valence-electron chi connectivity index (χ4n) is 0.0895. The van der Waals surface area contributed by atoms with Crippen molar-refractivity contribution in [2.45, 2.75) is 0 Å². The summed E-state index contributed by atoms with van der Waals surface area (Å²) in [4.78, 5) is 0. The third kappa shape index (κ3) is 3.90. The molecule has 0 saturated heterocycles. The van der Waals surface area contributed by atoms with Crippen LogP contribution in [0.2, 0.25) is 0 Å². The molecule has 2 heteroatoms. The Kier molecular flexibility index (Phi) is 4.82. The van der Waals surface area contributed by atoms with Crippen molar-refractivity contribution in [2.24, 2.45) is 3.68 Å². The van der Waals surface area contributed by atoms with Crippen molar-refractivity contribution >= 4 is 0 Å². The fraction of sp³-hybridized carbons (Fsp3) is 0. The van der Waals surface area contributed by atoms with Gasteiger partial charge in [-0.1, -0.05) is 0 Å². The molecule has 35 valence electrons.